The minimum absolute atomic E-state index is 0.337. The highest BCUT2D eigenvalue weighted by Crippen LogP contribution is 2.29. The van der Waals surface area contributed by atoms with Crippen molar-refractivity contribution < 1.29 is 4.74 Å². The molecular weight excluding hydrogens is 238 g/mol. The number of halogens is 1. The van der Waals surface area contributed by atoms with Gasteiger partial charge in [0.25, 0.3) is 0 Å². The number of aromatic amines is 1. The molecule has 0 aliphatic heterocycles. The molecule has 4 nitrogen and oxygen atoms in total. The smallest absolute Gasteiger partial charge is 0.137 e. The van der Waals surface area contributed by atoms with Crippen molar-refractivity contribution in [1.29, 1.82) is 0 Å². The Kier molecular flexibility index (Phi) is 3.64. The standard InChI is InChI=1S/C12H14ClN3O/c1-8(5-10-7-14-16-15-10)9-3-4-12(17-2)11(13)6-9/h3-4,6-8H,5H2,1-2H3,(H,14,15,16). The minimum atomic E-state index is 0.337. The molecule has 2 aromatic rings. The van der Waals surface area contributed by atoms with Crippen molar-refractivity contribution in [2.45, 2.75) is 19.3 Å². The van der Waals surface area contributed by atoms with Gasteiger partial charge in [0.2, 0.25) is 0 Å². The van der Waals surface area contributed by atoms with Crippen LogP contribution in [0.15, 0.2) is 24.4 Å². The molecule has 5 heteroatoms. The quantitative estimate of drug-likeness (QED) is 0.909. The monoisotopic (exact) mass is 251 g/mol. The normalized spacial score (nSPS) is 12.4. The van der Waals surface area contributed by atoms with E-state index in [-0.39, 0.29) is 0 Å². The fourth-order valence-corrected chi connectivity index (χ4v) is 2.01. The number of hydrogen-bond acceptors (Lipinski definition) is 3. The molecule has 0 saturated carbocycles. The molecule has 1 heterocycles. The molecule has 1 atom stereocenters. The van der Waals surface area contributed by atoms with Crippen LogP contribution in [0.4, 0.5) is 0 Å². The first kappa shape index (κ1) is 11.9. The van der Waals surface area contributed by atoms with Gasteiger partial charge in [0, 0.05) is 0 Å². The summed E-state index contributed by atoms with van der Waals surface area (Å²) in [5.74, 6) is 1.03. The van der Waals surface area contributed by atoms with Crippen molar-refractivity contribution in [2.24, 2.45) is 0 Å². The van der Waals surface area contributed by atoms with E-state index < -0.39 is 0 Å². The molecule has 1 N–H and O–H groups in total. The highest BCUT2D eigenvalue weighted by molar-refractivity contribution is 6.32. The highest BCUT2D eigenvalue weighted by Gasteiger charge is 2.10. The molecule has 90 valence electrons. The number of H-pyrrole nitrogens is 1. The van der Waals surface area contributed by atoms with Gasteiger partial charge in [-0.1, -0.05) is 24.6 Å². The minimum Gasteiger partial charge on any atom is -0.495 e. The van der Waals surface area contributed by atoms with Gasteiger partial charge in [-0.15, -0.1) is 0 Å². The first-order valence-electron chi connectivity index (χ1n) is 5.38. The predicted molar refractivity (Wildman–Crippen MR) is 66.5 cm³/mol. The van der Waals surface area contributed by atoms with E-state index in [9.17, 15) is 0 Å². The number of nitrogens with zero attached hydrogens (tertiary/aromatic N) is 2. The zero-order chi connectivity index (χ0) is 12.3. The fraction of sp³-hybridized carbons (Fsp3) is 0.333. The second-order valence-electron chi connectivity index (χ2n) is 3.96. The number of hydrogen-bond donors (Lipinski definition) is 1. The van der Waals surface area contributed by atoms with Crippen molar-refractivity contribution >= 4 is 11.6 Å². The van der Waals surface area contributed by atoms with Crippen LogP contribution in [0.1, 0.15) is 24.1 Å². The number of nitrogens with one attached hydrogen (secondary N) is 1. The van der Waals surface area contributed by atoms with Crippen LogP contribution in [0.3, 0.4) is 0 Å². The van der Waals surface area contributed by atoms with Crippen LogP contribution in [0.25, 0.3) is 0 Å². The van der Waals surface area contributed by atoms with Crippen LogP contribution in [0, 0.1) is 0 Å². The first-order chi connectivity index (χ1) is 8.20. The van der Waals surface area contributed by atoms with Crippen LogP contribution >= 0.6 is 11.6 Å². The number of ether oxygens (including phenoxy) is 1. The van der Waals surface area contributed by atoms with Crippen molar-refractivity contribution in [3.8, 4) is 5.75 Å². The second kappa shape index (κ2) is 5.19. The number of methoxy groups -OCH3 is 1. The van der Waals surface area contributed by atoms with Crippen LogP contribution in [-0.2, 0) is 6.42 Å². The van der Waals surface area contributed by atoms with Gasteiger partial charge < -0.3 is 4.74 Å². The number of aromatic nitrogens is 3. The molecule has 2 rings (SSSR count). The third-order valence-corrected chi connectivity index (χ3v) is 3.02. The van der Waals surface area contributed by atoms with Gasteiger partial charge in [-0.05, 0) is 30.0 Å². The van der Waals surface area contributed by atoms with Gasteiger partial charge in [0.15, 0.2) is 0 Å². The average molecular weight is 252 g/mol. The van der Waals surface area contributed by atoms with Gasteiger partial charge in [-0.2, -0.15) is 15.4 Å². The second-order valence-corrected chi connectivity index (χ2v) is 4.37. The lowest BCUT2D eigenvalue weighted by atomic mass is 9.96. The van der Waals surface area contributed by atoms with Gasteiger partial charge in [-0.25, -0.2) is 0 Å². The molecule has 1 aromatic carbocycles. The Balaban J connectivity index is 2.14. The molecule has 1 unspecified atom stereocenters. The maximum Gasteiger partial charge on any atom is 0.137 e. The molecule has 0 spiro atoms. The Morgan fingerprint density at radius 1 is 1.47 bits per heavy atom. The van der Waals surface area contributed by atoms with Crippen LogP contribution in [-0.4, -0.2) is 22.5 Å². The molecule has 0 radical (unpaired) electrons. The Bertz CT molecular complexity index is 485. The van der Waals surface area contributed by atoms with E-state index in [0.717, 1.165) is 12.1 Å². The van der Waals surface area contributed by atoms with E-state index in [4.69, 9.17) is 16.3 Å². The van der Waals surface area contributed by atoms with E-state index in [2.05, 4.69) is 22.3 Å². The zero-order valence-corrected chi connectivity index (χ0v) is 10.5. The van der Waals surface area contributed by atoms with Gasteiger partial charge in [0.1, 0.15) is 5.75 Å². The van der Waals surface area contributed by atoms with Crippen LogP contribution < -0.4 is 4.74 Å². The summed E-state index contributed by atoms with van der Waals surface area (Å²) in [7, 11) is 1.61. The summed E-state index contributed by atoms with van der Waals surface area (Å²) in [6, 6.07) is 5.84. The summed E-state index contributed by atoms with van der Waals surface area (Å²) >= 11 is 6.10. The molecule has 0 bridgehead atoms. The topological polar surface area (TPSA) is 50.8 Å². The fourth-order valence-electron chi connectivity index (χ4n) is 1.74. The lowest BCUT2D eigenvalue weighted by Gasteiger charge is -2.12. The Morgan fingerprint density at radius 2 is 2.29 bits per heavy atom. The van der Waals surface area contributed by atoms with Crippen molar-refractivity contribution in [3.05, 3.63) is 40.7 Å². The highest BCUT2D eigenvalue weighted by atomic mass is 35.5. The molecule has 0 saturated heterocycles. The maximum absolute atomic E-state index is 6.10. The molecule has 0 amide bonds. The predicted octanol–water partition coefficient (Wildman–Crippen LogP) is 2.81. The summed E-state index contributed by atoms with van der Waals surface area (Å²) in [5, 5.41) is 11.1. The Labute approximate surface area is 105 Å². The Hall–Kier alpha value is -1.55. The largest absolute Gasteiger partial charge is 0.495 e. The lowest BCUT2D eigenvalue weighted by Crippen LogP contribution is -1.99. The van der Waals surface area contributed by atoms with Gasteiger partial charge in [-0.3, -0.25) is 0 Å². The summed E-state index contributed by atoms with van der Waals surface area (Å²) in [6.45, 7) is 2.13. The lowest BCUT2D eigenvalue weighted by molar-refractivity contribution is 0.415. The molecule has 0 aliphatic rings. The summed E-state index contributed by atoms with van der Waals surface area (Å²) < 4.78 is 5.13. The third kappa shape index (κ3) is 2.77. The van der Waals surface area contributed by atoms with Crippen molar-refractivity contribution in [2.75, 3.05) is 7.11 Å². The number of rotatable bonds is 4. The average Bonchev–Trinajstić information content (AvgIpc) is 2.81. The number of benzene rings is 1. The summed E-state index contributed by atoms with van der Waals surface area (Å²) in [4.78, 5) is 0. The van der Waals surface area contributed by atoms with Crippen LogP contribution in [0.5, 0.6) is 5.75 Å². The first-order valence-corrected chi connectivity index (χ1v) is 5.76. The SMILES string of the molecule is COc1ccc(C(C)Cc2cn[nH]n2)cc1Cl. The maximum atomic E-state index is 6.10. The molecule has 0 fully saturated rings. The van der Waals surface area contributed by atoms with Gasteiger partial charge in [0.05, 0.1) is 24.0 Å². The molecule has 0 aliphatic carbocycles. The van der Waals surface area contributed by atoms with E-state index in [1.54, 1.807) is 13.3 Å². The van der Waals surface area contributed by atoms with E-state index in [0.29, 0.717) is 16.7 Å². The molecule has 17 heavy (non-hydrogen) atoms. The van der Waals surface area contributed by atoms with Crippen molar-refractivity contribution in [3.63, 3.8) is 0 Å². The van der Waals surface area contributed by atoms with E-state index >= 15 is 0 Å². The van der Waals surface area contributed by atoms with Gasteiger partial charge >= 0.3 is 0 Å². The summed E-state index contributed by atoms with van der Waals surface area (Å²) in [5.41, 5.74) is 2.11. The Morgan fingerprint density at radius 3 is 2.88 bits per heavy atom. The van der Waals surface area contributed by atoms with Crippen LogP contribution in [0.2, 0.25) is 5.02 Å². The molecule has 1 aromatic heterocycles. The third-order valence-electron chi connectivity index (χ3n) is 2.73. The van der Waals surface area contributed by atoms with Crippen molar-refractivity contribution in [1.82, 2.24) is 15.4 Å². The zero-order valence-electron chi connectivity index (χ0n) is 9.77. The summed E-state index contributed by atoms with van der Waals surface area (Å²) in [6.07, 6.45) is 2.57. The van der Waals surface area contributed by atoms with E-state index in [1.807, 2.05) is 18.2 Å². The van der Waals surface area contributed by atoms with E-state index in [1.165, 1.54) is 5.56 Å². The molecular formula is C12H14ClN3O.